The van der Waals surface area contributed by atoms with Crippen molar-refractivity contribution < 1.29 is 14.3 Å². The van der Waals surface area contributed by atoms with Crippen LogP contribution in [0.15, 0.2) is 0 Å². The summed E-state index contributed by atoms with van der Waals surface area (Å²) in [5, 5.41) is 0. The molecule has 0 aromatic rings. The Labute approximate surface area is 121 Å². The summed E-state index contributed by atoms with van der Waals surface area (Å²) in [6.45, 7) is 5.63. The minimum absolute atomic E-state index is 0.120. The quantitative estimate of drug-likeness (QED) is 0.720. The first-order chi connectivity index (χ1) is 9.45. The fourth-order valence-corrected chi connectivity index (χ4v) is 2.94. The Hall–Kier alpha value is -1.10. The highest BCUT2D eigenvalue weighted by molar-refractivity contribution is 5.84. The van der Waals surface area contributed by atoms with Crippen molar-refractivity contribution in [2.75, 3.05) is 26.7 Å². The van der Waals surface area contributed by atoms with Gasteiger partial charge in [-0.3, -0.25) is 9.59 Å². The number of methoxy groups -OCH3 is 1. The van der Waals surface area contributed by atoms with Gasteiger partial charge in [0.25, 0.3) is 0 Å². The third-order valence-electron chi connectivity index (χ3n) is 4.09. The number of nitrogens with zero attached hydrogens (tertiary/aromatic N) is 1. The van der Waals surface area contributed by atoms with Gasteiger partial charge in [-0.25, -0.2) is 0 Å². The molecule has 20 heavy (non-hydrogen) atoms. The SMILES string of the molecule is COC(=O)CCN(CC(C)C)C(=O)C1(CN)CCCC1. The van der Waals surface area contributed by atoms with E-state index in [-0.39, 0.29) is 18.3 Å². The standard InChI is InChI=1S/C15H28N2O3/c1-12(2)10-17(9-6-13(18)20-3)14(19)15(11-16)7-4-5-8-15/h12H,4-11,16H2,1-3H3. The van der Waals surface area contributed by atoms with E-state index >= 15 is 0 Å². The molecule has 0 bridgehead atoms. The lowest BCUT2D eigenvalue weighted by molar-refractivity contribution is -0.145. The van der Waals surface area contributed by atoms with Crippen LogP contribution in [0.3, 0.4) is 0 Å². The Balaban J connectivity index is 2.75. The van der Waals surface area contributed by atoms with E-state index in [9.17, 15) is 9.59 Å². The van der Waals surface area contributed by atoms with Crippen molar-refractivity contribution in [2.45, 2.75) is 46.0 Å². The highest BCUT2D eigenvalue weighted by atomic mass is 16.5. The highest BCUT2D eigenvalue weighted by Gasteiger charge is 2.42. The maximum absolute atomic E-state index is 12.8. The van der Waals surface area contributed by atoms with Gasteiger partial charge >= 0.3 is 5.97 Å². The van der Waals surface area contributed by atoms with Crippen molar-refractivity contribution in [1.82, 2.24) is 4.90 Å². The molecule has 1 aliphatic rings. The van der Waals surface area contributed by atoms with Crippen LogP contribution in [0.1, 0.15) is 46.0 Å². The van der Waals surface area contributed by atoms with Crippen molar-refractivity contribution in [3.05, 3.63) is 0 Å². The molecule has 1 saturated carbocycles. The van der Waals surface area contributed by atoms with E-state index in [4.69, 9.17) is 5.73 Å². The third kappa shape index (κ3) is 4.20. The molecule has 0 aliphatic heterocycles. The van der Waals surface area contributed by atoms with E-state index in [0.717, 1.165) is 25.7 Å². The van der Waals surface area contributed by atoms with Crippen LogP contribution < -0.4 is 5.73 Å². The Kier molecular flexibility index (Phi) is 6.46. The van der Waals surface area contributed by atoms with Crippen LogP contribution >= 0.6 is 0 Å². The van der Waals surface area contributed by atoms with E-state index in [1.54, 1.807) is 4.90 Å². The van der Waals surface area contributed by atoms with Crippen molar-refractivity contribution in [2.24, 2.45) is 17.1 Å². The van der Waals surface area contributed by atoms with Gasteiger partial charge in [0.15, 0.2) is 0 Å². The van der Waals surface area contributed by atoms with Crippen molar-refractivity contribution >= 4 is 11.9 Å². The molecular weight excluding hydrogens is 256 g/mol. The monoisotopic (exact) mass is 284 g/mol. The number of nitrogens with two attached hydrogens (primary N) is 1. The van der Waals surface area contributed by atoms with Crippen LogP contribution in [0.25, 0.3) is 0 Å². The van der Waals surface area contributed by atoms with Crippen molar-refractivity contribution in [3.63, 3.8) is 0 Å². The molecule has 0 atom stereocenters. The van der Waals surface area contributed by atoms with Crippen LogP contribution in [-0.4, -0.2) is 43.5 Å². The van der Waals surface area contributed by atoms with E-state index < -0.39 is 5.41 Å². The topological polar surface area (TPSA) is 72.6 Å². The molecule has 0 unspecified atom stereocenters. The lowest BCUT2D eigenvalue weighted by atomic mass is 9.84. The highest BCUT2D eigenvalue weighted by Crippen LogP contribution is 2.39. The largest absolute Gasteiger partial charge is 0.469 e. The van der Waals surface area contributed by atoms with Crippen molar-refractivity contribution in [3.8, 4) is 0 Å². The minimum Gasteiger partial charge on any atom is -0.469 e. The molecule has 1 fully saturated rings. The zero-order chi connectivity index (χ0) is 15.2. The molecule has 2 N–H and O–H groups in total. The normalized spacial score (nSPS) is 17.2. The van der Waals surface area contributed by atoms with E-state index in [2.05, 4.69) is 18.6 Å². The number of ether oxygens (including phenoxy) is 1. The second-order valence-electron chi connectivity index (χ2n) is 6.16. The molecule has 0 spiro atoms. The van der Waals surface area contributed by atoms with Gasteiger partial charge in [-0.05, 0) is 18.8 Å². The molecule has 0 aromatic heterocycles. The summed E-state index contributed by atoms with van der Waals surface area (Å²) in [6, 6.07) is 0. The first-order valence-electron chi connectivity index (χ1n) is 7.51. The third-order valence-corrected chi connectivity index (χ3v) is 4.09. The number of hydrogen-bond acceptors (Lipinski definition) is 4. The van der Waals surface area contributed by atoms with Crippen LogP contribution in [0, 0.1) is 11.3 Å². The van der Waals surface area contributed by atoms with Gasteiger partial charge < -0.3 is 15.4 Å². The number of carbonyl (C=O) groups is 2. The smallest absolute Gasteiger partial charge is 0.307 e. The van der Waals surface area contributed by atoms with E-state index in [0.29, 0.717) is 25.6 Å². The lowest BCUT2D eigenvalue weighted by Gasteiger charge is -2.34. The summed E-state index contributed by atoms with van der Waals surface area (Å²) >= 11 is 0. The van der Waals surface area contributed by atoms with Crippen LogP contribution in [-0.2, 0) is 14.3 Å². The Morgan fingerprint density at radius 3 is 2.35 bits per heavy atom. The number of amides is 1. The summed E-state index contributed by atoms with van der Waals surface area (Å²) in [5.41, 5.74) is 5.48. The summed E-state index contributed by atoms with van der Waals surface area (Å²) < 4.78 is 4.66. The molecule has 0 heterocycles. The molecule has 116 valence electrons. The molecule has 5 nitrogen and oxygen atoms in total. The van der Waals surface area contributed by atoms with Crippen LogP contribution in [0.5, 0.6) is 0 Å². The minimum atomic E-state index is -0.398. The zero-order valence-corrected chi connectivity index (χ0v) is 13.0. The van der Waals surface area contributed by atoms with Gasteiger partial charge in [-0.1, -0.05) is 26.7 Å². The summed E-state index contributed by atoms with van der Waals surface area (Å²) in [6.07, 6.45) is 4.12. The zero-order valence-electron chi connectivity index (χ0n) is 13.0. The molecule has 1 aliphatic carbocycles. The van der Waals surface area contributed by atoms with Gasteiger partial charge in [0.05, 0.1) is 18.9 Å². The lowest BCUT2D eigenvalue weighted by Crippen LogP contribution is -2.48. The molecule has 0 radical (unpaired) electrons. The molecule has 1 amide bonds. The van der Waals surface area contributed by atoms with E-state index in [1.165, 1.54) is 7.11 Å². The van der Waals surface area contributed by atoms with Crippen LogP contribution in [0.4, 0.5) is 0 Å². The van der Waals surface area contributed by atoms with Crippen LogP contribution in [0.2, 0.25) is 0 Å². The molecule has 1 rings (SSSR count). The number of carbonyl (C=O) groups excluding carboxylic acids is 2. The number of hydrogen-bond donors (Lipinski definition) is 1. The Morgan fingerprint density at radius 1 is 1.30 bits per heavy atom. The van der Waals surface area contributed by atoms with Gasteiger partial charge in [0, 0.05) is 19.6 Å². The molecule has 0 aromatic carbocycles. The molecule has 0 saturated heterocycles. The van der Waals surface area contributed by atoms with Gasteiger partial charge in [0.2, 0.25) is 5.91 Å². The summed E-state index contributed by atoms with van der Waals surface area (Å²) in [4.78, 5) is 25.9. The van der Waals surface area contributed by atoms with Gasteiger partial charge in [0.1, 0.15) is 0 Å². The molecular formula is C15H28N2O3. The average molecular weight is 284 g/mol. The maximum atomic E-state index is 12.8. The Bertz CT molecular complexity index is 336. The second-order valence-corrected chi connectivity index (χ2v) is 6.16. The van der Waals surface area contributed by atoms with Gasteiger partial charge in [-0.15, -0.1) is 0 Å². The molecule has 5 heteroatoms. The van der Waals surface area contributed by atoms with E-state index in [1.807, 2.05) is 0 Å². The second kappa shape index (κ2) is 7.62. The summed E-state index contributed by atoms with van der Waals surface area (Å²) in [5.74, 6) is 0.211. The van der Waals surface area contributed by atoms with Gasteiger partial charge in [-0.2, -0.15) is 0 Å². The number of esters is 1. The first kappa shape index (κ1) is 17.0. The maximum Gasteiger partial charge on any atom is 0.307 e. The predicted molar refractivity (Wildman–Crippen MR) is 78.0 cm³/mol. The fourth-order valence-electron chi connectivity index (χ4n) is 2.94. The average Bonchev–Trinajstić information content (AvgIpc) is 2.91. The predicted octanol–water partition coefficient (Wildman–Crippen LogP) is 1.55. The fraction of sp³-hybridized carbons (Fsp3) is 0.867. The first-order valence-corrected chi connectivity index (χ1v) is 7.51. The number of rotatable bonds is 7. The summed E-state index contributed by atoms with van der Waals surface area (Å²) in [7, 11) is 1.37. The Morgan fingerprint density at radius 2 is 1.90 bits per heavy atom. The van der Waals surface area contributed by atoms with Crippen molar-refractivity contribution in [1.29, 1.82) is 0 Å².